The molecule has 0 aliphatic carbocycles. The van der Waals surface area contributed by atoms with E-state index in [1.807, 2.05) is 24.3 Å². The van der Waals surface area contributed by atoms with E-state index in [1.54, 1.807) is 12.1 Å². The van der Waals surface area contributed by atoms with E-state index >= 15 is 0 Å². The molecule has 0 bridgehead atoms. The minimum Gasteiger partial charge on any atom is -0.368 e. The zero-order valence-electron chi connectivity index (χ0n) is 13.3. The van der Waals surface area contributed by atoms with Crippen molar-refractivity contribution >= 4 is 39.1 Å². The van der Waals surface area contributed by atoms with Crippen LogP contribution in [-0.4, -0.2) is 19.6 Å². The van der Waals surface area contributed by atoms with Crippen LogP contribution in [0.4, 0.5) is 10.3 Å². The number of halogens is 3. The van der Waals surface area contributed by atoms with Crippen LogP contribution in [0.3, 0.4) is 0 Å². The molecule has 8 heteroatoms. The predicted molar refractivity (Wildman–Crippen MR) is 103 cm³/mol. The number of aromatic nitrogens is 4. The van der Waals surface area contributed by atoms with E-state index in [-0.39, 0.29) is 11.8 Å². The van der Waals surface area contributed by atoms with E-state index in [2.05, 4.69) is 31.0 Å². The van der Waals surface area contributed by atoms with Crippen molar-refractivity contribution in [1.29, 1.82) is 0 Å². The summed E-state index contributed by atoms with van der Waals surface area (Å²) >= 11 is 9.56. The number of nitrogens with zero attached hydrogens (tertiary/aromatic N) is 4. The van der Waals surface area contributed by atoms with Crippen molar-refractivity contribution in [2.75, 3.05) is 5.73 Å². The second kappa shape index (κ2) is 6.66. The molecule has 2 aromatic carbocycles. The fourth-order valence-corrected chi connectivity index (χ4v) is 3.46. The summed E-state index contributed by atoms with van der Waals surface area (Å²) in [5.41, 5.74) is 8.91. The number of nitrogens with two attached hydrogens (primary N) is 1. The molecule has 0 spiro atoms. The van der Waals surface area contributed by atoms with E-state index in [1.165, 1.54) is 16.6 Å². The van der Waals surface area contributed by atoms with E-state index in [0.29, 0.717) is 33.1 Å². The molecule has 0 aliphatic heterocycles. The molecule has 0 saturated heterocycles. The minimum absolute atomic E-state index is 0.201. The summed E-state index contributed by atoms with van der Waals surface area (Å²) in [7, 11) is 0. The Morgan fingerprint density at radius 1 is 1.12 bits per heavy atom. The van der Waals surface area contributed by atoms with Crippen molar-refractivity contribution in [3.63, 3.8) is 0 Å². The lowest BCUT2D eigenvalue weighted by atomic mass is 10.1. The standard InChI is InChI=1S/C18H12BrClFN5/c19-15-16(11-4-6-13(21)7-5-11)24-18(22)26-17(15)23-14(25-26)9-10-2-1-3-12(20)8-10/h1-8H,9H2,(H2,22,24). The topological polar surface area (TPSA) is 69.1 Å². The lowest BCUT2D eigenvalue weighted by Gasteiger charge is -2.06. The maximum Gasteiger partial charge on any atom is 0.223 e. The summed E-state index contributed by atoms with van der Waals surface area (Å²) < 4.78 is 15.3. The Morgan fingerprint density at radius 3 is 2.62 bits per heavy atom. The molecular weight excluding hydrogens is 421 g/mol. The first-order valence-corrected chi connectivity index (χ1v) is 8.89. The Labute approximate surface area is 161 Å². The number of rotatable bonds is 3. The average molecular weight is 433 g/mol. The Morgan fingerprint density at radius 2 is 1.88 bits per heavy atom. The van der Waals surface area contributed by atoms with Crippen molar-refractivity contribution in [3.05, 3.63) is 75.2 Å². The zero-order chi connectivity index (χ0) is 18.3. The lowest BCUT2D eigenvalue weighted by molar-refractivity contribution is 0.628. The van der Waals surface area contributed by atoms with Gasteiger partial charge in [0.05, 0.1) is 10.2 Å². The quantitative estimate of drug-likeness (QED) is 0.517. The monoisotopic (exact) mass is 431 g/mol. The van der Waals surface area contributed by atoms with Gasteiger partial charge in [-0.25, -0.2) is 14.4 Å². The first kappa shape index (κ1) is 16.9. The van der Waals surface area contributed by atoms with Crippen LogP contribution in [0, 0.1) is 5.82 Å². The van der Waals surface area contributed by atoms with Gasteiger partial charge in [-0.2, -0.15) is 4.52 Å². The molecule has 26 heavy (non-hydrogen) atoms. The number of hydrogen-bond acceptors (Lipinski definition) is 4. The molecule has 0 saturated carbocycles. The third-order valence-electron chi connectivity index (χ3n) is 3.87. The van der Waals surface area contributed by atoms with Crippen molar-refractivity contribution in [2.24, 2.45) is 0 Å². The predicted octanol–water partition coefficient (Wildman–Crippen LogP) is 4.52. The van der Waals surface area contributed by atoms with Crippen LogP contribution in [0.25, 0.3) is 16.9 Å². The maximum absolute atomic E-state index is 13.2. The highest BCUT2D eigenvalue weighted by atomic mass is 79.9. The summed E-state index contributed by atoms with van der Waals surface area (Å²) in [6, 6.07) is 13.5. The maximum atomic E-state index is 13.2. The molecule has 5 nitrogen and oxygen atoms in total. The summed E-state index contributed by atoms with van der Waals surface area (Å²) in [6.07, 6.45) is 0.514. The Bertz CT molecular complexity index is 1110. The lowest BCUT2D eigenvalue weighted by Crippen LogP contribution is -2.04. The largest absolute Gasteiger partial charge is 0.368 e. The molecule has 2 aromatic heterocycles. The van der Waals surface area contributed by atoms with Crippen LogP contribution < -0.4 is 5.73 Å². The number of fused-ring (bicyclic) bond motifs is 1. The van der Waals surface area contributed by atoms with E-state index in [9.17, 15) is 4.39 Å². The summed E-state index contributed by atoms with van der Waals surface area (Å²) in [6.45, 7) is 0. The van der Waals surface area contributed by atoms with E-state index < -0.39 is 0 Å². The molecule has 0 unspecified atom stereocenters. The van der Waals surface area contributed by atoms with Gasteiger partial charge >= 0.3 is 0 Å². The smallest absolute Gasteiger partial charge is 0.223 e. The van der Waals surface area contributed by atoms with Gasteiger partial charge in [0, 0.05) is 17.0 Å². The summed E-state index contributed by atoms with van der Waals surface area (Å²) in [4.78, 5) is 8.95. The van der Waals surface area contributed by atoms with Crippen molar-refractivity contribution < 1.29 is 4.39 Å². The average Bonchev–Trinajstić information content (AvgIpc) is 3.04. The highest BCUT2D eigenvalue weighted by Crippen LogP contribution is 2.31. The minimum atomic E-state index is -0.315. The fourth-order valence-electron chi connectivity index (χ4n) is 2.68. The van der Waals surface area contributed by atoms with Crippen molar-refractivity contribution in [2.45, 2.75) is 6.42 Å². The molecule has 0 aliphatic rings. The van der Waals surface area contributed by atoms with Gasteiger partial charge in [-0.05, 0) is 57.9 Å². The van der Waals surface area contributed by atoms with Crippen LogP contribution in [-0.2, 0) is 6.42 Å². The number of anilines is 1. The van der Waals surface area contributed by atoms with Gasteiger partial charge in [-0.1, -0.05) is 23.7 Å². The molecule has 0 radical (unpaired) electrons. The molecule has 4 aromatic rings. The highest BCUT2D eigenvalue weighted by molar-refractivity contribution is 9.10. The van der Waals surface area contributed by atoms with Crippen molar-refractivity contribution in [1.82, 2.24) is 19.6 Å². The van der Waals surface area contributed by atoms with Gasteiger partial charge in [-0.3, -0.25) is 0 Å². The van der Waals surface area contributed by atoms with Crippen LogP contribution in [0.15, 0.2) is 53.0 Å². The van der Waals surface area contributed by atoms with Crippen LogP contribution in [0.5, 0.6) is 0 Å². The third-order valence-corrected chi connectivity index (χ3v) is 4.83. The van der Waals surface area contributed by atoms with Gasteiger partial charge in [0.1, 0.15) is 5.82 Å². The van der Waals surface area contributed by atoms with Gasteiger partial charge in [0.15, 0.2) is 11.5 Å². The van der Waals surface area contributed by atoms with Gasteiger partial charge in [0.2, 0.25) is 5.95 Å². The molecule has 130 valence electrons. The van der Waals surface area contributed by atoms with Gasteiger partial charge in [-0.15, -0.1) is 5.10 Å². The second-order valence-corrected chi connectivity index (χ2v) is 6.94. The molecule has 0 atom stereocenters. The number of nitrogen functional groups attached to an aromatic ring is 1. The molecule has 0 amide bonds. The Kier molecular flexibility index (Phi) is 4.34. The first-order valence-electron chi connectivity index (χ1n) is 7.72. The normalized spacial score (nSPS) is 11.2. The fraction of sp³-hybridized carbons (Fsp3) is 0.0556. The zero-order valence-corrected chi connectivity index (χ0v) is 15.7. The number of benzene rings is 2. The van der Waals surface area contributed by atoms with Crippen LogP contribution in [0.2, 0.25) is 5.02 Å². The highest BCUT2D eigenvalue weighted by Gasteiger charge is 2.17. The van der Waals surface area contributed by atoms with Crippen molar-refractivity contribution in [3.8, 4) is 11.3 Å². The van der Waals surface area contributed by atoms with Gasteiger partial charge < -0.3 is 5.73 Å². The SMILES string of the molecule is Nc1nc(-c2ccc(F)cc2)c(Br)c2nc(Cc3cccc(Cl)c3)nn12. The molecule has 2 N–H and O–H groups in total. The van der Waals surface area contributed by atoms with Crippen LogP contribution in [0.1, 0.15) is 11.4 Å². The molecular formula is C18H12BrClFN5. The van der Waals surface area contributed by atoms with E-state index in [4.69, 9.17) is 17.3 Å². The molecule has 4 rings (SSSR count). The second-order valence-electron chi connectivity index (χ2n) is 5.71. The first-order chi connectivity index (χ1) is 12.5. The third kappa shape index (κ3) is 3.15. The Balaban J connectivity index is 1.79. The number of hydrogen-bond donors (Lipinski definition) is 1. The van der Waals surface area contributed by atoms with Gasteiger partial charge in [0.25, 0.3) is 0 Å². The summed E-state index contributed by atoms with van der Waals surface area (Å²) in [5, 5.41) is 5.09. The van der Waals surface area contributed by atoms with Crippen LogP contribution >= 0.6 is 27.5 Å². The van der Waals surface area contributed by atoms with E-state index in [0.717, 1.165) is 11.1 Å². The molecule has 2 heterocycles. The summed E-state index contributed by atoms with van der Waals surface area (Å²) in [5.74, 6) is 0.482. The Hall–Kier alpha value is -2.51. The molecule has 0 fully saturated rings.